The lowest BCUT2D eigenvalue weighted by atomic mass is 9.87. The summed E-state index contributed by atoms with van der Waals surface area (Å²) in [6.45, 7) is 1.15. The first kappa shape index (κ1) is 21.8. The van der Waals surface area contributed by atoms with Gasteiger partial charge in [-0.05, 0) is 42.4 Å². The van der Waals surface area contributed by atoms with Crippen molar-refractivity contribution in [2.75, 3.05) is 18.8 Å². The van der Waals surface area contributed by atoms with Gasteiger partial charge in [-0.25, -0.2) is 4.39 Å². The molecule has 2 heterocycles. The molecule has 0 aliphatic carbocycles. The van der Waals surface area contributed by atoms with Crippen molar-refractivity contribution in [3.8, 4) is 0 Å². The summed E-state index contributed by atoms with van der Waals surface area (Å²) in [5.41, 5.74) is 1.42. The summed E-state index contributed by atoms with van der Waals surface area (Å²) in [7, 11) is 0. The smallest absolute Gasteiger partial charge is 0.246 e. The molecule has 2 aromatic carbocycles. The summed E-state index contributed by atoms with van der Waals surface area (Å²) < 4.78 is 13.9. The van der Waals surface area contributed by atoms with Gasteiger partial charge in [-0.1, -0.05) is 48.5 Å². The zero-order valence-electron chi connectivity index (χ0n) is 17.2. The highest BCUT2D eigenvalue weighted by atomic mass is 32.2. The number of halogens is 1. The average Bonchev–Trinajstić information content (AvgIpc) is 2.81. The summed E-state index contributed by atoms with van der Waals surface area (Å²) in [6, 6.07) is 15.5. The third kappa shape index (κ3) is 5.10. The molecule has 0 radical (unpaired) electrons. The molecule has 164 valence electrons. The van der Waals surface area contributed by atoms with E-state index in [1.807, 2.05) is 30.3 Å². The molecule has 3 unspecified atom stereocenters. The lowest BCUT2D eigenvalue weighted by Gasteiger charge is -2.37. The molecular weight excluding hydrogens is 415 g/mol. The first-order chi connectivity index (χ1) is 15.0. The Kier molecular flexibility index (Phi) is 6.92. The maximum atomic E-state index is 13.9. The average molecular weight is 443 g/mol. The van der Waals surface area contributed by atoms with E-state index in [2.05, 4.69) is 5.32 Å². The van der Waals surface area contributed by atoms with E-state index in [-0.39, 0.29) is 23.5 Å². The first-order valence-electron chi connectivity index (χ1n) is 10.7. The number of thioether (sulfide) groups is 1. The number of hydrogen-bond acceptors (Lipinski definition) is 4. The van der Waals surface area contributed by atoms with Gasteiger partial charge in [0.05, 0.1) is 11.4 Å². The van der Waals surface area contributed by atoms with Gasteiger partial charge in [0, 0.05) is 18.8 Å². The van der Waals surface area contributed by atoms with E-state index in [9.17, 15) is 19.1 Å². The second kappa shape index (κ2) is 9.83. The van der Waals surface area contributed by atoms with Crippen molar-refractivity contribution < 1.29 is 19.1 Å². The van der Waals surface area contributed by atoms with Crippen molar-refractivity contribution in [1.82, 2.24) is 10.2 Å². The third-order valence-electron chi connectivity index (χ3n) is 6.17. The van der Waals surface area contributed by atoms with Crippen LogP contribution in [0.5, 0.6) is 0 Å². The molecule has 2 amide bonds. The Labute approximate surface area is 186 Å². The van der Waals surface area contributed by atoms with Crippen molar-refractivity contribution in [1.29, 1.82) is 0 Å². The van der Waals surface area contributed by atoms with Crippen LogP contribution in [0.4, 0.5) is 4.39 Å². The van der Waals surface area contributed by atoms with Crippen molar-refractivity contribution in [2.45, 2.75) is 36.7 Å². The highest BCUT2D eigenvalue weighted by Crippen LogP contribution is 2.31. The molecule has 2 N–H and O–H groups in total. The van der Waals surface area contributed by atoms with Gasteiger partial charge in [0.15, 0.2) is 0 Å². The SMILES string of the molecule is O=C1NC(C(=O)N2CCC(C(O)c3ccccc3)CC2)CSC1Cc1ccccc1F. The minimum atomic E-state index is -0.551. The van der Waals surface area contributed by atoms with E-state index in [0.29, 0.717) is 30.8 Å². The molecule has 2 fully saturated rings. The van der Waals surface area contributed by atoms with Crippen LogP contribution in [0.3, 0.4) is 0 Å². The van der Waals surface area contributed by atoms with Gasteiger partial charge in [-0.2, -0.15) is 0 Å². The highest BCUT2D eigenvalue weighted by Gasteiger charge is 2.36. The van der Waals surface area contributed by atoms with Crippen LogP contribution < -0.4 is 5.32 Å². The molecule has 2 aromatic rings. The number of carbonyl (C=O) groups excluding carboxylic acids is 2. The third-order valence-corrected chi connectivity index (χ3v) is 7.48. The zero-order chi connectivity index (χ0) is 21.8. The van der Waals surface area contributed by atoms with Crippen LogP contribution in [0.15, 0.2) is 54.6 Å². The number of carbonyl (C=O) groups is 2. The Bertz CT molecular complexity index is 918. The predicted octanol–water partition coefficient (Wildman–Crippen LogP) is 2.94. The zero-order valence-corrected chi connectivity index (χ0v) is 18.1. The number of hydrogen-bond donors (Lipinski definition) is 2. The number of nitrogens with zero attached hydrogens (tertiary/aromatic N) is 1. The molecule has 2 aliphatic heterocycles. The second-order valence-corrected chi connectivity index (χ2v) is 9.43. The van der Waals surface area contributed by atoms with Crippen LogP contribution in [-0.4, -0.2) is 52.0 Å². The van der Waals surface area contributed by atoms with Gasteiger partial charge in [0.25, 0.3) is 0 Å². The molecule has 31 heavy (non-hydrogen) atoms. The van der Waals surface area contributed by atoms with Gasteiger partial charge in [-0.15, -0.1) is 11.8 Å². The molecular formula is C24H27FN2O3S. The maximum absolute atomic E-state index is 13.9. The monoisotopic (exact) mass is 442 g/mol. The number of rotatable bonds is 5. The van der Waals surface area contributed by atoms with E-state index < -0.39 is 17.4 Å². The number of aliphatic hydroxyl groups is 1. The van der Waals surface area contributed by atoms with E-state index in [1.54, 1.807) is 23.1 Å². The standard InChI is InChI=1S/C24H27FN2O3S/c25-19-9-5-4-8-18(19)14-21-23(29)26-20(15-31-21)24(30)27-12-10-17(11-13-27)22(28)16-6-2-1-3-7-16/h1-9,17,20-22,28H,10-15H2,(H,26,29). The molecule has 0 aromatic heterocycles. The molecule has 0 bridgehead atoms. The van der Waals surface area contributed by atoms with Crippen molar-refractivity contribution in [3.63, 3.8) is 0 Å². The Morgan fingerprint density at radius 3 is 2.48 bits per heavy atom. The Morgan fingerprint density at radius 2 is 1.81 bits per heavy atom. The number of likely N-dealkylation sites (tertiary alicyclic amines) is 1. The summed E-state index contributed by atoms with van der Waals surface area (Å²) in [4.78, 5) is 27.3. The number of benzene rings is 2. The summed E-state index contributed by atoms with van der Waals surface area (Å²) in [5, 5.41) is 13.1. The Hall–Kier alpha value is -2.38. The molecule has 4 rings (SSSR count). The van der Waals surface area contributed by atoms with Crippen LogP contribution in [0.25, 0.3) is 0 Å². The lowest BCUT2D eigenvalue weighted by Crippen LogP contribution is -2.56. The summed E-state index contributed by atoms with van der Waals surface area (Å²) >= 11 is 1.41. The van der Waals surface area contributed by atoms with Crippen LogP contribution in [0.1, 0.15) is 30.1 Å². The lowest BCUT2D eigenvalue weighted by molar-refractivity contribution is -0.137. The predicted molar refractivity (Wildman–Crippen MR) is 119 cm³/mol. The molecule has 2 aliphatic rings. The normalized spacial score (nSPS) is 23.3. The highest BCUT2D eigenvalue weighted by molar-refractivity contribution is 8.00. The Balaban J connectivity index is 1.28. The number of amides is 2. The summed E-state index contributed by atoms with van der Waals surface area (Å²) in [6.07, 6.45) is 1.24. The van der Waals surface area contributed by atoms with Crippen molar-refractivity contribution in [2.24, 2.45) is 5.92 Å². The molecule has 0 spiro atoms. The van der Waals surface area contributed by atoms with E-state index in [4.69, 9.17) is 0 Å². The number of aliphatic hydroxyl groups excluding tert-OH is 1. The van der Waals surface area contributed by atoms with E-state index in [0.717, 1.165) is 18.4 Å². The minimum absolute atomic E-state index is 0.0714. The number of nitrogens with one attached hydrogen (secondary N) is 1. The van der Waals surface area contributed by atoms with Gasteiger partial charge in [0.2, 0.25) is 11.8 Å². The fraction of sp³-hybridized carbons (Fsp3) is 0.417. The van der Waals surface area contributed by atoms with E-state index >= 15 is 0 Å². The fourth-order valence-corrected chi connectivity index (χ4v) is 5.49. The van der Waals surface area contributed by atoms with Crippen LogP contribution >= 0.6 is 11.8 Å². The topological polar surface area (TPSA) is 69.6 Å². The molecule has 2 saturated heterocycles. The van der Waals surface area contributed by atoms with Gasteiger partial charge >= 0.3 is 0 Å². The van der Waals surface area contributed by atoms with Crippen LogP contribution in [0.2, 0.25) is 0 Å². The maximum Gasteiger partial charge on any atom is 0.246 e. The quantitative estimate of drug-likeness (QED) is 0.747. The van der Waals surface area contributed by atoms with Crippen LogP contribution in [-0.2, 0) is 16.0 Å². The van der Waals surface area contributed by atoms with Gasteiger partial charge in [0.1, 0.15) is 11.9 Å². The first-order valence-corrected chi connectivity index (χ1v) is 11.7. The molecule has 5 nitrogen and oxygen atoms in total. The summed E-state index contributed by atoms with van der Waals surface area (Å²) in [5.74, 6) is 0.00246. The fourth-order valence-electron chi connectivity index (χ4n) is 4.32. The minimum Gasteiger partial charge on any atom is -0.388 e. The van der Waals surface area contributed by atoms with Crippen molar-refractivity contribution >= 4 is 23.6 Å². The number of piperidine rings is 1. The second-order valence-electron chi connectivity index (χ2n) is 8.20. The molecule has 7 heteroatoms. The van der Waals surface area contributed by atoms with Crippen LogP contribution in [0, 0.1) is 11.7 Å². The molecule has 0 saturated carbocycles. The van der Waals surface area contributed by atoms with E-state index in [1.165, 1.54) is 17.8 Å². The van der Waals surface area contributed by atoms with Crippen molar-refractivity contribution in [3.05, 3.63) is 71.5 Å². The van der Waals surface area contributed by atoms with Gasteiger partial charge in [-0.3, -0.25) is 9.59 Å². The van der Waals surface area contributed by atoms with Gasteiger partial charge < -0.3 is 15.3 Å². The molecule has 3 atom stereocenters. The Morgan fingerprint density at radius 1 is 1.13 bits per heavy atom. The largest absolute Gasteiger partial charge is 0.388 e.